The van der Waals surface area contributed by atoms with Crippen LogP contribution in [0.4, 0.5) is 0 Å². The number of hydrogen-bond donors (Lipinski definition) is 2. The Morgan fingerprint density at radius 1 is 1.50 bits per heavy atom. The molecule has 1 heterocycles. The van der Waals surface area contributed by atoms with Crippen molar-refractivity contribution < 1.29 is 17.7 Å². The highest BCUT2D eigenvalue weighted by Gasteiger charge is 2.16. The third kappa shape index (κ3) is 4.80. The quantitative estimate of drug-likeness (QED) is 0.714. The molecule has 1 rings (SSSR count). The van der Waals surface area contributed by atoms with E-state index in [-0.39, 0.29) is 6.54 Å². The SMILES string of the molecule is CCc1noc([C@H](C)NC(=O)CNS(C)(=O)=O)n1. The highest BCUT2D eigenvalue weighted by atomic mass is 32.2. The van der Waals surface area contributed by atoms with Crippen LogP contribution < -0.4 is 10.0 Å². The fourth-order valence-corrected chi connectivity index (χ4v) is 1.53. The van der Waals surface area contributed by atoms with E-state index in [1.54, 1.807) is 6.92 Å². The van der Waals surface area contributed by atoms with Crippen molar-refractivity contribution in [2.45, 2.75) is 26.3 Å². The second-order valence-corrected chi connectivity index (χ2v) is 5.62. The van der Waals surface area contributed by atoms with E-state index in [1.165, 1.54) is 0 Å². The van der Waals surface area contributed by atoms with E-state index in [2.05, 4.69) is 20.2 Å². The first-order valence-corrected chi connectivity index (χ1v) is 7.27. The zero-order valence-electron chi connectivity index (χ0n) is 10.4. The maximum Gasteiger partial charge on any atom is 0.248 e. The lowest BCUT2D eigenvalue weighted by molar-refractivity contribution is -0.120. The Kier molecular flexibility index (Phi) is 4.79. The van der Waals surface area contributed by atoms with Crippen LogP contribution in [-0.4, -0.2) is 37.3 Å². The molecule has 1 amide bonds. The van der Waals surface area contributed by atoms with E-state index in [0.29, 0.717) is 18.1 Å². The molecule has 0 aliphatic carbocycles. The Morgan fingerprint density at radius 3 is 2.67 bits per heavy atom. The first kappa shape index (κ1) is 14.6. The van der Waals surface area contributed by atoms with Gasteiger partial charge >= 0.3 is 0 Å². The number of rotatable bonds is 6. The summed E-state index contributed by atoms with van der Waals surface area (Å²) in [6, 6.07) is -0.466. The minimum atomic E-state index is -3.38. The van der Waals surface area contributed by atoms with Crippen LogP contribution in [0, 0.1) is 0 Å². The van der Waals surface area contributed by atoms with Crippen molar-refractivity contribution in [3.8, 4) is 0 Å². The van der Waals surface area contributed by atoms with Gasteiger partial charge in [-0.2, -0.15) is 4.98 Å². The van der Waals surface area contributed by atoms with Crippen LogP contribution in [0.3, 0.4) is 0 Å². The molecule has 0 saturated heterocycles. The summed E-state index contributed by atoms with van der Waals surface area (Å²) in [6.07, 6.45) is 1.62. The molecule has 18 heavy (non-hydrogen) atoms. The number of aromatic nitrogens is 2. The van der Waals surface area contributed by atoms with Gasteiger partial charge < -0.3 is 9.84 Å². The maximum absolute atomic E-state index is 11.4. The fraction of sp³-hybridized carbons (Fsp3) is 0.667. The Bertz CT molecular complexity index is 510. The number of nitrogens with one attached hydrogen (secondary N) is 2. The number of nitrogens with zero attached hydrogens (tertiary/aromatic N) is 2. The molecule has 2 N–H and O–H groups in total. The Morgan fingerprint density at radius 2 is 2.17 bits per heavy atom. The van der Waals surface area contributed by atoms with Gasteiger partial charge in [-0.25, -0.2) is 13.1 Å². The second-order valence-electron chi connectivity index (χ2n) is 3.78. The molecule has 8 nitrogen and oxygen atoms in total. The van der Waals surface area contributed by atoms with Crippen molar-refractivity contribution in [1.82, 2.24) is 20.2 Å². The molecule has 1 atom stereocenters. The molecule has 0 aliphatic heterocycles. The summed E-state index contributed by atoms with van der Waals surface area (Å²) >= 11 is 0. The van der Waals surface area contributed by atoms with Crippen LogP contribution in [0.1, 0.15) is 31.6 Å². The van der Waals surface area contributed by atoms with Gasteiger partial charge in [0.25, 0.3) is 0 Å². The van der Waals surface area contributed by atoms with Crippen LogP contribution in [0.2, 0.25) is 0 Å². The van der Waals surface area contributed by atoms with E-state index >= 15 is 0 Å². The second kappa shape index (κ2) is 5.91. The summed E-state index contributed by atoms with van der Waals surface area (Å²) in [7, 11) is -3.38. The van der Waals surface area contributed by atoms with Gasteiger partial charge in [0, 0.05) is 6.42 Å². The maximum atomic E-state index is 11.4. The summed E-state index contributed by atoms with van der Waals surface area (Å²) in [5.41, 5.74) is 0. The standard InChI is InChI=1S/C9H16N4O4S/c1-4-7-12-9(17-13-7)6(2)11-8(14)5-10-18(3,15)16/h6,10H,4-5H2,1-3H3,(H,11,14)/t6-/m0/s1. The molecule has 0 radical (unpaired) electrons. The van der Waals surface area contributed by atoms with Crippen LogP contribution in [0.25, 0.3) is 0 Å². The molecular formula is C9H16N4O4S. The van der Waals surface area contributed by atoms with Crippen molar-refractivity contribution in [3.63, 3.8) is 0 Å². The molecule has 0 unspecified atom stereocenters. The van der Waals surface area contributed by atoms with E-state index < -0.39 is 22.0 Å². The summed E-state index contributed by atoms with van der Waals surface area (Å²) < 4.78 is 28.6. The molecular weight excluding hydrogens is 260 g/mol. The van der Waals surface area contributed by atoms with Crippen molar-refractivity contribution in [2.75, 3.05) is 12.8 Å². The van der Waals surface area contributed by atoms with Gasteiger partial charge in [-0.3, -0.25) is 4.79 Å². The molecule has 0 aliphatic rings. The molecule has 0 spiro atoms. The van der Waals surface area contributed by atoms with Crippen LogP contribution in [-0.2, 0) is 21.2 Å². The zero-order valence-corrected chi connectivity index (χ0v) is 11.2. The zero-order chi connectivity index (χ0) is 13.8. The van der Waals surface area contributed by atoms with Crippen molar-refractivity contribution in [2.24, 2.45) is 0 Å². The Hall–Kier alpha value is -1.48. The Labute approximate surface area is 105 Å². The van der Waals surface area contributed by atoms with Gasteiger partial charge in [0.15, 0.2) is 5.82 Å². The normalized spacial score (nSPS) is 13.3. The van der Waals surface area contributed by atoms with Gasteiger partial charge in [-0.05, 0) is 6.92 Å². The monoisotopic (exact) mass is 276 g/mol. The van der Waals surface area contributed by atoms with Crippen molar-refractivity contribution in [3.05, 3.63) is 11.7 Å². The third-order valence-electron chi connectivity index (χ3n) is 2.04. The number of amides is 1. The smallest absolute Gasteiger partial charge is 0.248 e. The van der Waals surface area contributed by atoms with Gasteiger partial charge in [0.05, 0.1) is 12.8 Å². The minimum Gasteiger partial charge on any atom is -0.343 e. The molecule has 0 bridgehead atoms. The first-order chi connectivity index (χ1) is 8.31. The number of sulfonamides is 1. The molecule has 0 fully saturated rings. The van der Waals surface area contributed by atoms with Crippen LogP contribution >= 0.6 is 0 Å². The predicted molar refractivity (Wildman–Crippen MR) is 63.1 cm³/mol. The van der Waals surface area contributed by atoms with E-state index in [4.69, 9.17) is 4.52 Å². The Balaban J connectivity index is 2.49. The van der Waals surface area contributed by atoms with Crippen LogP contribution in [0.15, 0.2) is 4.52 Å². The van der Waals surface area contributed by atoms with Gasteiger partial charge in [-0.1, -0.05) is 12.1 Å². The molecule has 9 heteroatoms. The fourth-order valence-electron chi connectivity index (χ4n) is 1.14. The summed E-state index contributed by atoms with van der Waals surface area (Å²) in [5.74, 6) is 0.379. The lowest BCUT2D eigenvalue weighted by Crippen LogP contribution is -2.37. The number of carbonyl (C=O) groups is 1. The average Bonchev–Trinajstić information content (AvgIpc) is 2.74. The highest BCUT2D eigenvalue weighted by Crippen LogP contribution is 2.09. The average molecular weight is 276 g/mol. The highest BCUT2D eigenvalue weighted by molar-refractivity contribution is 7.88. The van der Waals surface area contributed by atoms with E-state index in [1.807, 2.05) is 6.92 Å². The summed E-state index contributed by atoms with van der Waals surface area (Å²) in [5, 5.41) is 6.24. The molecule has 102 valence electrons. The molecule has 1 aromatic heterocycles. The molecule has 1 aromatic rings. The number of carbonyl (C=O) groups excluding carboxylic acids is 1. The van der Waals surface area contributed by atoms with Gasteiger partial charge in [0.1, 0.15) is 6.04 Å². The van der Waals surface area contributed by atoms with Gasteiger partial charge in [0.2, 0.25) is 21.8 Å². The van der Waals surface area contributed by atoms with Crippen LogP contribution in [0.5, 0.6) is 0 Å². The molecule has 0 aromatic carbocycles. The number of aryl methyl sites for hydroxylation is 1. The first-order valence-electron chi connectivity index (χ1n) is 5.38. The summed E-state index contributed by atoms with van der Waals surface area (Å²) in [6.45, 7) is 3.23. The third-order valence-corrected chi connectivity index (χ3v) is 2.71. The van der Waals surface area contributed by atoms with E-state index in [9.17, 15) is 13.2 Å². The summed E-state index contributed by atoms with van der Waals surface area (Å²) in [4.78, 5) is 15.5. The van der Waals surface area contributed by atoms with E-state index in [0.717, 1.165) is 6.26 Å². The molecule has 0 saturated carbocycles. The largest absolute Gasteiger partial charge is 0.343 e. The minimum absolute atomic E-state index is 0.291. The van der Waals surface area contributed by atoms with Crippen molar-refractivity contribution in [1.29, 1.82) is 0 Å². The lowest BCUT2D eigenvalue weighted by atomic mass is 10.3. The number of hydrogen-bond acceptors (Lipinski definition) is 6. The topological polar surface area (TPSA) is 114 Å². The van der Waals surface area contributed by atoms with Crippen molar-refractivity contribution >= 4 is 15.9 Å². The predicted octanol–water partition coefficient (Wildman–Crippen LogP) is -0.642. The van der Waals surface area contributed by atoms with Gasteiger partial charge in [-0.15, -0.1) is 0 Å². The lowest BCUT2D eigenvalue weighted by Gasteiger charge is -2.09.